The molecule has 1 heterocycles. The number of amides is 1. The fourth-order valence-corrected chi connectivity index (χ4v) is 2.50. The molecule has 1 unspecified atom stereocenters. The molecule has 1 aromatic carbocycles. The smallest absolute Gasteiger partial charge is 0.251 e. The van der Waals surface area contributed by atoms with Crippen molar-refractivity contribution in [2.24, 2.45) is 0 Å². The number of likely N-dealkylation sites (N-methyl/N-ethyl adjacent to an activating group) is 1. The number of benzene rings is 1. The summed E-state index contributed by atoms with van der Waals surface area (Å²) in [6, 6.07) is 8.14. The molecule has 0 aromatic heterocycles. The van der Waals surface area contributed by atoms with Crippen LogP contribution < -0.4 is 10.6 Å². The monoisotopic (exact) mass is 273 g/mol. The molecule has 0 radical (unpaired) electrons. The number of carbonyl (C=O) groups excluding carboxylic acids is 1. The van der Waals surface area contributed by atoms with Crippen molar-refractivity contribution < 1.29 is 4.79 Å². The average molecular weight is 273 g/mol. The number of anilines is 1. The molecule has 1 aliphatic heterocycles. The van der Waals surface area contributed by atoms with Crippen molar-refractivity contribution in [1.29, 1.82) is 0 Å². The highest BCUT2D eigenvalue weighted by atomic mass is 16.1. The predicted molar refractivity (Wildman–Crippen MR) is 83.1 cm³/mol. The molecule has 1 saturated heterocycles. The van der Waals surface area contributed by atoms with Gasteiger partial charge in [-0.3, -0.25) is 4.79 Å². The summed E-state index contributed by atoms with van der Waals surface area (Å²) in [4.78, 5) is 14.1. The number of nitrogens with one attached hydrogen (secondary N) is 2. The fraction of sp³-hybridized carbons (Fsp3) is 0.438. The number of hydrogen-bond donors (Lipinski definition) is 2. The van der Waals surface area contributed by atoms with Crippen molar-refractivity contribution in [2.45, 2.75) is 18.9 Å². The first-order valence-electron chi connectivity index (χ1n) is 7.13. The van der Waals surface area contributed by atoms with Crippen molar-refractivity contribution in [3.8, 4) is 0 Å². The second kappa shape index (κ2) is 7.10. The van der Waals surface area contributed by atoms with Crippen molar-refractivity contribution in [2.75, 3.05) is 32.0 Å². The molecule has 0 bridgehead atoms. The molecule has 20 heavy (non-hydrogen) atoms. The molecular formula is C16H23N3O. The Morgan fingerprint density at radius 3 is 2.85 bits per heavy atom. The third-order valence-electron chi connectivity index (χ3n) is 3.55. The summed E-state index contributed by atoms with van der Waals surface area (Å²) in [7, 11) is 2.15. The Kier molecular flexibility index (Phi) is 5.18. The number of hydrogen-bond acceptors (Lipinski definition) is 3. The first-order valence-corrected chi connectivity index (χ1v) is 7.13. The van der Waals surface area contributed by atoms with Gasteiger partial charge in [0, 0.05) is 30.4 Å². The summed E-state index contributed by atoms with van der Waals surface area (Å²) in [5.74, 6) is -0.0613. The van der Waals surface area contributed by atoms with Crippen LogP contribution in [0.2, 0.25) is 0 Å². The van der Waals surface area contributed by atoms with E-state index in [9.17, 15) is 4.79 Å². The molecule has 108 valence electrons. The van der Waals surface area contributed by atoms with Gasteiger partial charge in [0.2, 0.25) is 0 Å². The van der Waals surface area contributed by atoms with Gasteiger partial charge < -0.3 is 15.5 Å². The van der Waals surface area contributed by atoms with Crippen LogP contribution in [-0.2, 0) is 0 Å². The molecule has 0 spiro atoms. The summed E-state index contributed by atoms with van der Waals surface area (Å²) in [5.41, 5.74) is 1.75. The van der Waals surface area contributed by atoms with E-state index in [0.717, 1.165) is 12.2 Å². The zero-order valence-corrected chi connectivity index (χ0v) is 12.1. The van der Waals surface area contributed by atoms with Crippen LogP contribution >= 0.6 is 0 Å². The van der Waals surface area contributed by atoms with Crippen molar-refractivity contribution in [3.63, 3.8) is 0 Å². The highest BCUT2D eigenvalue weighted by Crippen LogP contribution is 2.16. The van der Waals surface area contributed by atoms with Gasteiger partial charge in [-0.05, 0) is 50.7 Å². The van der Waals surface area contributed by atoms with Crippen molar-refractivity contribution in [1.82, 2.24) is 10.2 Å². The normalized spacial score (nSPS) is 19.4. The minimum atomic E-state index is -0.0613. The van der Waals surface area contributed by atoms with Gasteiger partial charge in [0.1, 0.15) is 0 Å². The minimum absolute atomic E-state index is 0.0613. The lowest BCUT2D eigenvalue weighted by atomic mass is 10.1. The molecule has 4 nitrogen and oxygen atoms in total. The summed E-state index contributed by atoms with van der Waals surface area (Å²) < 4.78 is 0. The minimum Gasteiger partial charge on any atom is -0.381 e. The highest BCUT2D eigenvalue weighted by molar-refractivity contribution is 5.94. The van der Waals surface area contributed by atoms with E-state index in [1.165, 1.54) is 19.4 Å². The lowest BCUT2D eigenvalue weighted by Crippen LogP contribution is -2.39. The van der Waals surface area contributed by atoms with E-state index in [-0.39, 0.29) is 5.91 Å². The Hall–Kier alpha value is -1.81. The van der Waals surface area contributed by atoms with Gasteiger partial charge >= 0.3 is 0 Å². The molecule has 2 N–H and O–H groups in total. The van der Waals surface area contributed by atoms with Gasteiger partial charge in [-0.15, -0.1) is 6.58 Å². The zero-order chi connectivity index (χ0) is 14.4. The van der Waals surface area contributed by atoms with Gasteiger partial charge in [0.15, 0.2) is 0 Å². The molecule has 1 atom stereocenters. The number of likely N-dealkylation sites (tertiary alicyclic amines) is 1. The van der Waals surface area contributed by atoms with Crippen LogP contribution in [0.25, 0.3) is 0 Å². The van der Waals surface area contributed by atoms with E-state index < -0.39 is 0 Å². The second-order valence-corrected chi connectivity index (χ2v) is 5.32. The lowest BCUT2D eigenvalue weighted by molar-refractivity contribution is 0.0958. The second-order valence-electron chi connectivity index (χ2n) is 5.32. The summed E-state index contributed by atoms with van der Waals surface area (Å²) in [6.07, 6.45) is 4.11. The molecular weight excluding hydrogens is 250 g/mol. The van der Waals surface area contributed by atoms with Crippen LogP contribution in [0.3, 0.4) is 0 Å². The number of carbonyl (C=O) groups is 1. The molecule has 2 rings (SSSR count). The molecule has 1 fully saturated rings. The number of nitrogens with zero attached hydrogens (tertiary/aromatic N) is 1. The molecule has 4 heteroatoms. The summed E-state index contributed by atoms with van der Waals surface area (Å²) in [5, 5.41) is 6.30. The van der Waals surface area contributed by atoms with Crippen molar-refractivity contribution >= 4 is 11.6 Å². The first kappa shape index (κ1) is 14.6. The predicted octanol–water partition coefficient (Wildman–Crippen LogP) is 2.11. The van der Waals surface area contributed by atoms with E-state index in [1.54, 1.807) is 6.08 Å². The molecule has 1 amide bonds. The molecule has 1 aliphatic rings. The van der Waals surface area contributed by atoms with Gasteiger partial charge in [0.05, 0.1) is 0 Å². The fourth-order valence-electron chi connectivity index (χ4n) is 2.50. The lowest BCUT2D eigenvalue weighted by Gasteiger charge is -2.30. The van der Waals surface area contributed by atoms with E-state index >= 15 is 0 Å². The number of piperidine rings is 1. The Morgan fingerprint density at radius 1 is 1.45 bits per heavy atom. The van der Waals surface area contributed by atoms with Crippen molar-refractivity contribution in [3.05, 3.63) is 42.5 Å². The average Bonchev–Trinajstić information content (AvgIpc) is 2.45. The van der Waals surface area contributed by atoms with Crippen LogP contribution in [-0.4, -0.2) is 43.5 Å². The quantitative estimate of drug-likeness (QED) is 0.808. The zero-order valence-electron chi connectivity index (χ0n) is 12.1. The van der Waals surface area contributed by atoms with Gasteiger partial charge in [-0.1, -0.05) is 6.08 Å². The number of rotatable bonds is 5. The Bertz CT molecular complexity index is 455. The van der Waals surface area contributed by atoms with E-state index in [2.05, 4.69) is 29.2 Å². The van der Waals surface area contributed by atoms with E-state index in [4.69, 9.17) is 0 Å². The van der Waals surface area contributed by atoms with E-state index in [0.29, 0.717) is 18.2 Å². The van der Waals surface area contributed by atoms with Crippen LogP contribution in [0.1, 0.15) is 23.2 Å². The van der Waals surface area contributed by atoms with Crippen LogP contribution in [0, 0.1) is 0 Å². The maximum atomic E-state index is 11.8. The van der Waals surface area contributed by atoms with Gasteiger partial charge in [-0.2, -0.15) is 0 Å². The first-order chi connectivity index (χ1) is 9.69. The summed E-state index contributed by atoms with van der Waals surface area (Å²) in [6.45, 7) is 6.33. The van der Waals surface area contributed by atoms with Gasteiger partial charge in [0.25, 0.3) is 5.91 Å². The van der Waals surface area contributed by atoms with E-state index in [1.807, 2.05) is 24.3 Å². The Labute approximate surface area is 120 Å². The molecule has 0 aliphatic carbocycles. The standard InChI is InChI=1S/C16H23N3O/c1-3-10-17-16(20)13-6-8-14(9-7-13)18-15-5-4-11-19(2)12-15/h3,6-9,15,18H,1,4-5,10-12H2,2H3,(H,17,20). The summed E-state index contributed by atoms with van der Waals surface area (Å²) >= 11 is 0. The largest absolute Gasteiger partial charge is 0.381 e. The molecule has 0 saturated carbocycles. The van der Waals surface area contributed by atoms with Gasteiger partial charge in [-0.25, -0.2) is 0 Å². The highest BCUT2D eigenvalue weighted by Gasteiger charge is 2.16. The maximum Gasteiger partial charge on any atom is 0.251 e. The van der Waals surface area contributed by atoms with Crippen LogP contribution in [0.5, 0.6) is 0 Å². The Balaban J connectivity index is 1.90. The topological polar surface area (TPSA) is 44.4 Å². The maximum absolute atomic E-state index is 11.8. The van der Waals surface area contributed by atoms with Crippen LogP contribution in [0.4, 0.5) is 5.69 Å². The molecule has 1 aromatic rings. The third-order valence-corrected chi connectivity index (χ3v) is 3.55. The SMILES string of the molecule is C=CCNC(=O)c1ccc(NC2CCCN(C)C2)cc1. The van der Waals surface area contributed by atoms with Crippen LogP contribution in [0.15, 0.2) is 36.9 Å². The third kappa shape index (κ3) is 4.10. The Morgan fingerprint density at radius 2 is 2.20 bits per heavy atom.